The van der Waals surface area contributed by atoms with Crippen molar-refractivity contribution in [1.82, 2.24) is 4.90 Å². The summed E-state index contributed by atoms with van der Waals surface area (Å²) in [6.07, 6.45) is 4.91. The smallest absolute Gasteiger partial charge is 0.0679 e. The second-order valence-electron chi connectivity index (χ2n) is 6.50. The SMILES string of the molecule is C[C@@H]1C[C@H](N2CC[C@@H](O)C2)CC(C)(C)C1. The van der Waals surface area contributed by atoms with Gasteiger partial charge in [-0.25, -0.2) is 0 Å². The summed E-state index contributed by atoms with van der Waals surface area (Å²) in [5, 5.41) is 9.58. The van der Waals surface area contributed by atoms with E-state index in [2.05, 4.69) is 25.7 Å². The van der Waals surface area contributed by atoms with Crippen LogP contribution in [0.15, 0.2) is 0 Å². The molecule has 2 heteroatoms. The van der Waals surface area contributed by atoms with E-state index in [1.54, 1.807) is 0 Å². The van der Waals surface area contributed by atoms with Crippen LogP contribution in [0.2, 0.25) is 0 Å². The van der Waals surface area contributed by atoms with E-state index >= 15 is 0 Å². The number of β-amino-alcohol motifs (C(OH)–C–C–N with tert-alkyl or cyclic N) is 1. The van der Waals surface area contributed by atoms with Crippen LogP contribution in [0, 0.1) is 11.3 Å². The minimum atomic E-state index is -0.0645. The lowest BCUT2D eigenvalue weighted by atomic mass is 9.70. The topological polar surface area (TPSA) is 23.5 Å². The number of hydrogen-bond acceptors (Lipinski definition) is 2. The Bertz CT molecular complexity index is 227. The van der Waals surface area contributed by atoms with E-state index in [1.165, 1.54) is 19.3 Å². The van der Waals surface area contributed by atoms with Crippen LogP contribution in [0.4, 0.5) is 0 Å². The van der Waals surface area contributed by atoms with Crippen LogP contribution in [-0.4, -0.2) is 35.2 Å². The van der Waals surface area contributed by atoms with Gasteiger partial charge in [0.05, 0.1) is 6.10 Å². The van der Waals surface area contributed by atoms with E-state index in [4.69, 9.17) is 0 Å². The zero-order chi connectivity index (χ0) is 11.1. The van der Waals surface area contributed by atoms with Crippen molar-refractivity contribution < 1.29 is 5.11 Å². The highest BCUT2D eigenvalue weighted by atomic mass is 16.3. The predicted octanol–water partition coefficient (Wildman–Crippen LogP) is 2.27. The molecule has 0 aromatic heterocycles. The summed E-state index contributed by atoms with van der Waals surface area (Å²) >= 11 is 0. The first-order chi connectivity index (χ1) is 6.96. The third kappa shape index (κ3) is 2.73. The maximum absolute atomic E-state index is 9.58. The Balaban J connectivity index is 1.97. The van der Waals surface area contributed by atoms with E-state index in [0.717, 1.165) is 31.5 Å². The molecule has 2 fully saturated rings. The van der Waals surface area contributed by atoms with Gasteiger partial charge < -0.3 is 5.11 Å². The zero-order valence-electron chi connectivity index (χ0n) is 10.4. The number of hydrogen-bond donors (Lipinski definition) is 1. The summed E-state index contributed by atoms with van der Waals surface area (Å²) < 4.78 is 0. The van der Waals surface area contributed by atoms with E-state index in [-0.39, 0.29) is 6.10 Å². The lowest BCUT2D eigenvalue weighted by Crippen LogP contribution is -2.42. The molecule has 2 aliphatic rings. The molecular weight excluding hydrogens is 186 g/mol. The molecule has 0 radical (unpaired) electrons. The van der Waals surface area contributed by atoms with Crippen LogP contribution in [0.3, 0.4) is 0 Å². The first-order valence-corrected chi connectivity index (χ1v) is 6.38. The highest BCUT2D eigenvalue weighted by Crippen LogP contribution is 2.41. The average molecular weight is 211 g/mol. The van der Waals surface area contributed by atoms with Gasteiger partial charge in [-0.1, -0.05) is 20.8 Å². The molecular formula is C13H25NO. The maximum Gasteiger partial charge on any atom is 0.0679 e. The molecule has 3 atom stereocenters. The maximum atomic E-state index is 9.58. The van der Waals surface area contributed by atoms with Crippen molar-refractivity contribution in [3.05, 3.63) is 0 Å². The number of aliphatic hydroxyl groups is 1. The van der Waals surface area contributed by atoms with E-state index in [1.807, 2.05) is 0 Å². The fourth-order valence-corrected chi connectivity index (χ4v) is 3.67. The number of aliphatic hydroxyl groups excluding tert-OH is 1. The Hall–Kier alpha value is -0.0800. The lowest BCUT2D eigenvalue weighted by Gasteiger charge is -2.42. The van der Waals surface area contributed by atoms with Crippen LogP contribution in [0.1, 0.15) is 46.5 Å². The normalized spacial score (nSPS) is 42.0. The summed E-state index contributed by atoms with van der Waals surface area (Å²) in [5.74, 6) is 0.844. The monoisotopic (exact) mass is 211 g/mol. The van der Waals surface area contributed by atoms with Gasteiger partial charge >= 0.3 is 0 Å². The van der Waals surface area contributed by atoms with Crippen molar-refractivity contribution in [2.45, 2.75) is 58.6 Å². The van der Waals surface area contributed by atoms with E-state index < -0.39 is 0 Å². The molecule has 2 rings (SSSR count). The standard InChI is InChI=1S/C13H25NO/c1-10-6-11(8-13(2,3)7-10)14-5-4-12(15)9-14/h10-12,15H,4-9H2,1-3H3/t10-,11+,12-/m1/s1. The number of nitrogens with zero attached hydrogens (tertiary/aromatic N) is 1. The molecule has 1 N–H and O–H groups in total. The summed E-state index contributed by atoms with van der Waals surface area (Å²) in [6.45, 7) is 9.17. The minimum absolute atomic E-state index is 0.0645. The van der Waals surface area contributed by atoms with Crippen LogP contribution in [-0.2, 0) is 0 Å². The van der Waals surface area contributed by atoms with Gasteiger partial charge in [-0.2, -0.15) is 0 Å². The second kappa shape index (κ2) is 4.06. The molecule has 1 aliphatic heterocycles. The van der Waals surface area contributed by atoms with Gasteiger partial charge in [0.1, 0.15) is 0 Å². The molecule has 2 nitrogen and oxygen atoms in total. The Kier molecular flexibility index (Phi) is 3.09. The molecule has 1 heterocycles. The fourth-order valence-electron chi connectivity index (χ4n) is 3.67. The van der Waals surface area contributed by atoms with Gasteiger partial charge in [-0.05, 0) is 37.0 Å². The molecule has 1 saturated heterocycles. The summed E-state index contributed by atoms with van der Waals surface area (Å²) in [6, 6.07) is 0.723. The summed E-state index contributed by atoms with van der Waals surface area (Å²) in [4.78, 5) is 2.52. The van der Waals surface area contributed by atoms with Crippen LogP contribution in [0.5, 0.6) is 0 Å². The Morgan fingerprint density at radius 3 is 2.53 bits per heavy atom. The molecule has 0 aromatic rings. The number of likely N-dealkylation sites (tertiary alicyclic amines) is 1. The van der Waals surface area contributed by atoms with Gasteiger partial charge in [0.2, 0.25) is 0 Å². The third-order valence-electron chi connectivity index (χ3n) is 4.07. The molecule has 15 heavy (non-hydrogen) atoms. The summed E-state index contributed by atoms with van der Waals surface area (Å²) in [7, 11) is 0. The lowest BCUT2D eigenvalue weighted by molar-refractivity contribution is 0.0713. The predicted molar refractivity (Wildman–Crippen MR) is 62.8 cm³/mol. The molecule has 0 amide bonds. The molecule has 0 aromatic carbocycles. The van der Waals surface area contributed by atoms with Crippen molar-refractivity contribution in [1.29, 1.82) is 0 Å². The number of rotatable bonds is 1. The van der Waals surface area contributed by atoms with Gasteiger partial charge in [-0.3, -0.25) is 4.90 Å². The molecule has 1 saturated carbocycles. The van der Waals surface area contributed by atoms with Crippen molar-refractivity contribution in [3.63, 3.8) is 0 Å². The van der Waals surface area contributed by atoms with Crippen molar-refractivity contribution in [2.75, 3.05) is 13.1 Å². The molecule has 1 aliphatic carbocycles. The van der Waals surface area contributed by atoms with Crippen LogP contribution >= 0.6 is 0 Å². The fraction of sp³-hybridized carbons (Fsp3) is 1.00. The highest BCUT2D eigenvalue weighted by molar-refractivity contribution is 4.90. The second-order valence-corrected chi connectivity index (χ2v) is 6.50. The van der Waals surface area contributed by atoms with Crippen molar-refractivity contribution in [2.24, 2.45) is 11.3 Å². The third-order valence-corrected chi connectivity index (χ3v) is 4.07. The van der Waals surface area contributed by atoms with Gasteiger partial charge in [0.15, 0.2) is 0 Å². The minimum Gasteiger partial charge on any atom is -0.392 e. The van der Waals surface area contributed by atoms with Gasteiger partial charge in [0.25, 0.3) is 0 Å². The molecule has 0 unspecified atom stereocenters. The quantitative estimate of drug-likeness (QED) is 0.719. The van der Waals surface area contributed by atoms with Crippen LogP contribution < -0.4 is 0 Å². The Labute approximate surface area is 93.7 Å². The Morgan fingerprint density at radius 1 is 1.27 bits per heavy atom. The average Bonchev–Trinajstić information content (AvgIpc) is 2.48. The summed E-state index contributed by atoms with van der Waals surface area (Å²) in [5.41, 5.74) is 0.496. The zero-order valence-corrected chi connectivity index (χ0v) is 10.4. The molecule has 88 valence electrons. The first-order valence-electron chi connectivity index (χ1n) is 6.38. The van der Waals surface area contributed by atoms with E-state index in [0.29, 0.717) is 5.41 Å². The van der Waals surface area contributed by atoms with E-state index in [9.17, 15) is 5.11 Å². The van der Waals surface area contributed by atoms with Gasteiger partial charge in [0, 0.05) is 19.1 Å². The van der Waals surface area contributed by atoms with Gasteiger partial charge in [-0.15, -0.1) is 0 Å². The van der Waals surface area contributed by atoms with Crippen LogP contribution in [0.25, 0.3) is 0 Å². The van der Waals surface area contributed by atoms with Crippen molar-refractivity contribution in [3.8, 4) is 0 Å². The molecule has 0 bridgehead atoms. The highest BCUT2D eigenvalue weighted by Gasteiger charge is 2.36. The largest absolute Gasteiger partial charge is 0.392 e. The Morgan fingerprint density at radius 2 is 2.00 bits per heavy atom. The first kappa shape index (κ1) is 11.4. The molecule has 0 spiro atoms. The van der Waals surface area contributed by atoms with Crippen molar-refractivity contribution >= 4 is 0 Å².